The summed E-state index contributed by atoms with van der Waals surface area (Å²) in [5, 5.41) is 0. The lowest BCUT2D eigenvalue weighted by atomic mass is 10.1. The maximum absolute atomic E-state index is 13.8. The molecule has 1 aliphatic carbocycles. The third kappa shape index (κ3) is 3.77. The van der Waals surface area contributed by atoms with Crippen molar-refractivity contribution < 1.29 is 17.2 Å². The molecule has 0 saturated heterocycles. The van der Waals surface area contributed by atoms with Crippen LogP contribution in [-0.2, 0) is 10.0 Å². The van der Waals surface area contributed by atoms with Crippen LogP contribution in [0.1, 0.15) is 38.5 Å². The van der Waals surface area contributed by atoms with Crippen LogP contribution >= 0.6 is 15.9 Å². The van der Waals surface area contributed by atoms with Crippen LogP contribution in [0.25, 0.3) is 0 Å². The molecule has 1 N–H and O–H groups in total. The Balaban J connectivity index is 2.26. The summed E-state index contributed by atoms with van der Waals surface area (Å²) >= 11 is 2.91. The highest BCUT2D eigenvalue weighted by molar-refractivity contribution is 9.10. The number of halogens is 3. The van der Waals surface area contributed by atoms with Gasteiger partial charge in [0.2, 0.25) is 10.0 Å². The average Bonchev–Trinajstić information content (AvgIpc) is 2.54. The Morgan fingerprint density at radius 3 is 2.25 bits per heavy atom. The topological polar surface area (TPSA) is 46.2 Å². The lowest BCUT2D eigenvalue weighted by Gasteiger charge is -2.17. The van der Waals surface area contributed by atoms with Gasteiger partial charge in [-0.3, -0.25) is 0 Å². The molecular weight excluding hydrogens is 352 g/mol. The fourth-order valence-corrected chi connectivity index (χ4v) is 4.93. The number of rotatable bonds is 3. The normalized spacial score (nSPS) is 17.9. The van der Waals surface area contributed by atoms with Crippen LogP contribution in [-0.4, -0.2) is 14.5 Å². The number of nitrogens with one attached hydrogen (secondary N) is 1. The first kappa shape index (κ1) is 15.9. The first-order chi connectivity index (χ1) is 9.40. The van der Waals surface area contributed by atoms with Gasteiger partial charge in [0.05, 0.1) is 0 Å². The molecule has 0 aromatic heterocycles. The van der Waals surface area contributed by atoms with E-state index in [0.29, 0.717) is 6.07 Å². The molecule has 0 radical (unpaired) electrons. The first-order valence-electron chi connectivity index (χ1n) is 6.57. The van der Waals surface area contributed by atoms with Crippen LogP contribution in [0.5, 0.6) is 0 Å². The van der Waals surface area contributed by atoms with Gasteiger partial charge in [0.1, 0.15) is 16.5 Å². The van der Waals surface area contributed by atoms with Gasteiger partial charge < -0.3 is 0 Å². The minimum absolute atomic E-state index is 0.101. The SMILES string of the molecule is O=S(=O)(NC1CCCCCC1)c1c(F)cc(F)cc1Br. The second-order valence-corrected chi connectivity index (χ2v) is 7.51. The van der Waals surface area contributed by atoms with E-state index in [0.717, 1.165) is 44.6 Å². The number of sulfonamides is 1. The second-order valence-electron chi connectivity index (χ2n) is 5.01. The minimum Gasteiger partial charge on any atom is -0.208 e. The second kappa shape index (κ2) is 6.49. The maximum atomic E-state index is 13.8. The molecule has 20 heavy (non-hydrogen) atoms. The van der Waals surface area contributed by atoms with Gasteiger partial charge in [-0.2, -0.15) is 0 Å². The summed E-state index contributed by atoms with van der Waals surface area (Å²) in [5.74, 6) is -1.90. The summed E-state index contributed by atoms with van der Waals surface area (Å²) < 4.78 is 53.7. The van der Waals surface area contributed by atoms with E-state index < -0.39 is 26.6 Å². The summed E-state index contributed by atoms with van der Waals surface area (Å²) in [7, 11) is -3.99. The van der Waals surface area contributed by atoms with E-state index >= 15 is 0 Å². The first-order valence-corrected chi connectivity index (χ1v) is 8.84. The molecule has 1 saturated carbocycles. The molecule has 1 aliphatic rings. The third-order valence-corrected chi connectivity index (χ3v) is 5.89. The molecule has 1 aromatic carbocycles. The van der Waals surface area contributed by atoms with Crippen LogP contribution in [0.2, 0.25) is 0 Å². The van der Waals surface area contributed by atoms with E-state index in [1.807, 2.05) is 0 Å². The summed E-state index contributed by atoms with van der Waals surface area (Å²) in [6, 6.07) is 1.34. The molecule has 3 nitrogen and oxygen atoms in total. The molecule has 0 aliphatic heterocycles. The number of hydrogen-bond donors (Lipinski definition) is 1. The smallest absolute Gasteiger partial charge is 0.208 e. The Hall–Kier alpha value is -0.530. The Kier molecular flexibility index (Phi) is 5.14. The average molecular weight is 368 g/mol. The lowest BCUT2D eigenvalue weighted by molar-refractivity contribution is 0.500. The van der Waals surface area contributed by atoms with Gasteiger partial charge in [-0.05, 0) is 34.8 Å². The fraction of sp³-hybridized carbons (Fsp3) is 0.538. The molecule has 0 bridgehead atoms. The fourth-order valence-electron chi connectivity index (χ4n) is 2.46. The molecule has 0 atom stereocenters. The summed E-state index contributed by atoms with van der Waals surface area (Å²) in [6.45, 7) is 0. The molecule has 0 unspecified atom stereocenters. The van der Waals surface area contributed by atoms with Crippen molar-refractivity contribution in [3.63, 3.8) is 0 Å². The van der Waals surface area contributed by atoms with Crippen LogP contribution < -0.4 is 4.72 Å². The Morgan fingerprint density at radius 2 is 1.70 bits per heavy atom. The number of hydrogen-bond acceptors (Lipinski definition) is 2. The number of benzene rings is 1. The van der Waals surface area contributed by atoms with Gasteiger partial charge >= 0.3 is 0 Å². The maximum Gasteiger partial charge on any atom is 0.244 e. The molecule has 2 rings (SSSR count). The lowest BCUT2D eigenvalue weighted by Crippen LogP contribution is -2.35. The molecule has 0 amide bonds. The van der Waals surface area contributed by atoms with Crippen LogP contribution in [0.15, 0.2) is 21.5 Å². The van der Waals surface area contributed by atoms with Crippen molar-refractivity contribution in [3.8, 4) is 0 Å². The van der Waals surface area contributed by atoms with Crippen LogP contribution in [0, 0.1) is 11.6 Å². The molecular formula is C13H16BrF2NO2S. The molecule has 0 heterocycles. The van der Waals surface area contributed by atoms with Gasteiger partial charge in [-0.15, -0.1) is 0 Å². The predicted molar refractivity (Wildman–Crippen MR) is 75.9 cm³/mol. The van der Waals surface area contributed by atoms with Gasteiger partial charge in [-0.25, -0.2) is 21.9 Å². The third-order valence-electron chi connectivity index (χ3n) is 3.41. The van der Waals surface area contributed by atoms with Crippen molar-refractivity contribution in [1.82, 2.24) is 4.72 Å². The van der Waals surface area contributed by atoms with Crippen molar-refractivity contribution in [2.24, 2.45) is 0 Å². The highest BCUT2D eigenvalue weighted by Crippen LogP contribution is 2.27. The minimum atomic E-state index is -3.99. The zero-order valence-corrected chi connectivity index (χ0v) is 13.2. The van der Waals surface area contributed by atoms with E-state index in [-0.39, 0.29) is 10.5 Å². The standard InChI is InChI=1S/C13H16BrF2NO2S/c14-11-7-9(15)8-12(16)13(11)20(18,19)17-10-5-3-1-2-4-6-10/h7-8,10,17H,1-6H2. The van der Waals surface area contributed by atoms with Crippen molar-refractivity contribution in [2.45, 2.75) is 49.5 Å². The van der Waals surface area contributed by atoms with E-state index in [1.54, 1.807) is 0 Å². The Morgan fingerprint density at radius 1 is 1.10 bits per heavy atom. The highest BCUT2D eigenvalue weighted by atomic mass is 79.9. The molecule has 7 heteroatoms. The van der Waals surface area contributed by atoms with E-state index in [4.69, 9.17) is 0 Å². The predicted octanol–water partition coefficient (Wildman–Crippen LogP) is 3.73. The van der Waals surface area contributed by atoms with Gasteiger partial charge in [-0.1, -0.05) is 25.7 Å². The zero-order valence-electron chi connectivity index (χ0n) is 10.8. The molecule has 1 fully saturated rings. The highest BCUT2D eigenvalue weighted by Gasteiger charge is 2.26. The van der Waals surface area contributed by atoms with Gasteiger partial charge in [0.15, 0.2) is 0 Å². The molecule has 112 valence electrons. The quantitative estimate of drug-likeness (QED) is 0.827. The molecule has 1 aromatic rings. The van der Waals surface area contributed by atoms with Crippen molar-refractivity contribution in [1.29, 1.82) is 0 Å². The largest absolute Gasteiger partial charge is 0.244 e. The van der Waals surface area contributed by atoms with Gasteiger partial charge in [0, 0.05) is 16.6 Å². The van der Waals surface area contributed by atoms with E-state index in [2.05, 4.69) is 20.7 Å². The van der Waals surface area contributed by atoms with Crippen LogP contribution in [0.3, 0.4) is 0 Å². The van der Waals surface area contributed by atoms with Crippen molar-refractivity contribution in [3.05, 3.63) is 28.2 Å². The van der Waals surface area contributed by atoms with Crippen molar-refractivity contribution >= 4 is 26.0 Å². The Labute approximate surface area is 125 Å². The van der Waals surface area contributed by atoms with Crippen molar-refractivity contribution in [2.75, 3.05) is 0 Å². The van der Waals surface area contributed by atoms with E-state index in [9.17, 15) is 17.2 Å². The van der Waals surface area contributed by atoms with Gasteiger partial charge in [0.25, 0.3) is 0 Å². The zero-order chi connectivity index (χ0) is 14.8. The van der Waals surface area contributed by atoms with E-state index in [1.165, 1.54) is 0 Å². The molecule has 0 spiro atoms. The Bertz CT molecular complexity index is 561. The summed E-state index contributed by atoms with van der Waals surface area (Å²) in [5.41, 5.74) is 0. The summed E-state index contributed by atoms with van der Waals surface area (Å²) in [4.78, 5) is -0.525. The summed E-state index contributed by atoms with van der Waals surface area (Å²) in [6.07, 6.45) is 5.60. The van der Waals surface area contributed by atoms with Crippen LogP contribution in [0.4, 0.5) is 8.78 Å². The monoisotopic (exact) mass is 367 g/mol.